The molecular formula is C25H33NO3. The van der Waals surface area contributed by atoms with Gasteiger partial charge >= 0.3 is 0 Å². The van der Waals surface area contributed by atoms with Crippen LogP contribution in [0.25, 0.3) is 0 Å². The lowest BCUT2D eigenvalue weighted by atomic mass is 9.90. The molecule has 4 nitrogen and oxygen atoms in total. The zero-order valence-corrected chi connectivity index (χ0v) is 17.4. The Bertz CT molecular complexity index is 754. The number of piperidine rings is 1. The monoisotopic (exact) mass is 395 g/mol. The number of methoxy groups -OCH3 is 1. The second kappa shape index (κ2) is 11.0. The van der Waals surface area contributed by atoms with E-state index in [1.54, 1.807) is 7.11 Å². The molecular weight excluding hydrogens is 362 g/mol. The molecule has 4 heteroatoms. The fraction of sp³-hybridized carbons (Fsp3) is 0.440. The standard InChI is InChI=1S/C25H33NO3/c1-3-7-20-10-11-24(25(17-20)28-2)29-19-23(27)18-26-14-12-22(13-15-26)16-21-8-5-4-6-9-21/h3-6,8-11,17,22-23,27H,1,7,12-16,18-19H2,2H3/t23-/m0/s1. The molecule has 0 unspecified atom stereocenters. The lowest BCUT2D eigenvalue weighted by Crippen LogP contribution is -2.41. The van der Waals surface area contributed by atoms with Crippen LogP contribution in [0.2, 0.25) is 0 Å². The van der Waals surface area contributed by atoms with Crippen molar-refractivity contribution in [2.24, 2.45) is 5.92 Å². The number of hydrogen-bond donors (Lipinski definition) is 1. The molecule has 156 valence electrons. The van der Waals surface area contributed by atoms with E-state index in [-0.39, 0.29) is 6.61 Å². The van der Waals surface area contributed by atoms with Gasteiger partial charge in [0.2, 0.25) is 0 Å². The number of nitrogens with zero attached hydrogens (tertiary/aromatic N) is 1. The van der Waals surface area contributed by atoms with Crippen LogP contribution >= 0.6 is 0 Å². The Morgan fingerprint density at radius 1 is 1.10 bits per heavy atom. The topological polar surface area (TPSA) is 41.9 Å². The number of rotatable bonds is 10. The molecule has 1 heterocycles. The molecule has 0 bridgehead atoms. The number of hydrogen-bond acceptors (Lipinski definition) is 4. The largest absolute Gasteiger partial charge is 0.493 e. The highest BCUT2D eigenvalue weighted by atomic mass is 16.5. The zero-order valence-electron chi connectivity index (χ0n) is 17.4. The van der Waals surface area contributed by atoms with Gasteiger partial charge in [0.15, 0.2) is 11.5 Å². The number of aliphatic hydroxyl groups is 1. The Balaban J connectivity index is 1.41. The number of ether oxygens (including phenoxy) is 2. The minimum Gasteiger partial charge on any atom is -0.493 e. The summed E-state index contributed by atoms with van der Waals surface area (Å²) in [7, 11) is 1.63. The first-order valence-electron chi connectivity index (χ1n) is 10.5. The molecule has 29 heavy (non-hydrogen) atoms. The van der Waals surface area contributed by atoms with Crippen molar-refractivity contribution in [1.82, 2.24) is 4.90 Å². The van der Waals surface area contributed by atoms with E-state index >= 15 is 0 Å². The zero-order chi connectivity index (χ0) is 20.5. The number of benzene rings is 2. The maximum atomic E-state index is 10.4. The van der Waals surface area contributed by atoms with Gasteiger partial charge in [-0.25, -0.2) is 0 Å². The maximum absolute atomic E-state index is 10.4. The van der Waals surface area contributed by atoms with Crippen molar-refractivity contribution in [3.63, 3.8) is 0 Å². The van der Waals surface area contributed by atoms with Crippen LogP contribution in [0.15, 0.2) is 61.2 Å². The highest BCUT2D eigenvalue weighted by Crippen LogP contribution is 2.28. The van der Waals surface area contributed by atoms with Gasteiger partial charge in [0.25, 0.3) is 0 Å². The van der Waals surface area contributed by atoms with Gasteiger partial charge in [-0.2, -0.15) is 0 Å². The van der Waals surface area contributed by atoms with E-state index in [1.165, 1.54) is 18.4 Å². The normalized spacial score (nSPS) is 16.3. The molecule has 1 saturated heterocycles. The van der Waals surface area contributed by atoms with Crippen molar-refractivity contribution < 1.29 is 14.6 Å². The number of likely N-dealkylation sites (tertiary alicyclic amines) is 1. The van der Waals surface area contributed by atoms with Crippen molar-refractivity contribution in [2.45, 2.75) is 31.8 Å². The molecule has 1 atom stereocenters. The SMILES string of the molecule is C=CCc1ccc(OC[C@@H](O)CN2CCC(Cc3ccccc3)CC2)c(OC)c1. The smallest absolute Gasteiger partial charge is 0.161 e. The number of allylic oxidation sites excluding steroid dienone is 1. The molecule has 0 saturated carbocycles. The average Bonchev–Trinajstić information content (AvgIpc) is 2.75. The van der Waals surface area contributed by atoms with Gasteiger partial charge in [-0.05, 0) is 68.0 Å². The van der Waals surface area contributed by atoms with Crippen LogP contribution < -0.4 is 9.47 Å². The third-order valence-electron chi connectivity index (χ3n) is 5.58. The van der Waals surface area contributed by atoms with Crippen molar-refractivity contribution in [3.05, 3.63) is 72.3 Å². The summed E-state index contributed by atoms with van der Waals surface area (Å²) in [5.74, 6) is 2.10. The summed E-state index contributed by atoms with van der Waals surface area (Å²) in [5.41, 5.74) is 2.55. The molecule has 0 amide bonds. The highest BCUT2D eigenvalue weighted by molar-refractivity contribution is 5.43. The fourth-order valence-electron chi connectivity index (χ4n) is 3.98. The van der Waals surface area contributed by atoms with Crippen LogP contribution in [0.1, 0.15) is 24.0 Å². The quantitative estimate of drug-likeness (QED) is 0.615. The minimum absolute atomic E-state index is 0.265. The Kier molecular flexibility index (Phi) is 8.14. The van der Waals surface area contributed by atoms with E-state index in [9.17, 15) is 5.11 Å². The summed E-state index contributed by atoms with van der Waals surface area (Å²) >= 11 is 0. The van der Waals surface area contributed by atoms with Gasteiger partial charge in [-0.3, -0.25) is 0 Å². The predicted molar refractivity (Wildman–Crippen MR) is 118 cm³/mol. The van der Waals surface area contributed by atoms with Crippen LogP contribution in [0.3, 0.4) is 0 Å². The summed E-state index contributed by atoms with van der Waals surface area (Å²) in [5, 5.41) is 10.4. The van der Waals surface area contributed by atoms with E-state index in [2.05, 4.69) is 41.8 Å². The van der Waals surface area contributed by atoms with Gasteiger partial charge < -0.3 is 19.5 Å². The summed E-state index contributed by atoms with van der Waals surface area (Å²) in [4.78, 5) is 2.35. The Labute approximate surface area is 174 Å². The van der Waals surface area contributed by atoms with Crippen molar-refractivity contribution in [2.75, 3.05) is 33.4 Å². The van der Waals surface area contributed by atoms with Gasteiger partial charge in [-0.15, -0.1) is 6.58 Å². The third kappa shape index (κ3) is 6.62. The van der Waals surface area contributed by atoms with Crippen LogP contribution in [0, 0.1) is 5.92 Å². The van der Waals surface area contributed by atoms with E-state index in [0.717, 1.165) is 37.4 Å². The molecule has 0 aromatic heterocycles. The molecule has 1 aliphatic heterocycles. The van der Waals surface area contributed by atoms with Crippen molar-refractivity contribution >= 4 is 0 Å². The third-order valence-corrected chi connectivity index (χ3v) is 5.58. The Morgan fingerprint density at radius 3 is 2.55 bits per heavy atom. The number of β-amino-alcohol motifs (C(OH)–C–C–N with tert-alkyl or cyclic N) is 1. The maximum Gasteiger partial charge on any atom is 0.161 e. The van der Waals surface area contributed by atoms with E-state index in [0.29, 0.717) is 18.0 Å². The summed E-state index contributed by atoms with van der Waals surface area (Å²) < 4.78 is 11.3. The number of aliphatic hydroxyl groups excluding tert-OH is 1. The first-order chi connectivity index (χ1) is 14.2. The summed E-state index contributed by atoms with van der Waals surface area (Å²) in [6.45, 7) is 6.75. The molecule has 2 aromatic rings. The molecule has 2 aromatic carbocycles. The van der Waals surface area contributed by atoms with E-state index < -0.39 is 6.10 Å². The first-order valence-corrected chi connectivity index (χ1v) is 10.5. The Hall–Kier alpha value is -2.30. The Morgan fingerprint density at radius 2 is 1.86 bits per heavy atom. The van der Waals surface area contributed by atoms with Gasteiger partial charge in [-0.1, -0.05) is 42.5 Å². The summed E-state index contributed by atoms with van der Waals surface area (Å²) in [6, 6.07) is 16.6. The lowest BCUT2D eigenvalue weighted by molar-refractivity contribution is 0.0543. The van der Waals surface area contributed by atoms with Crippen LogP contribution in [-0.2, 0) is 12.8 Å². The van der Waals surface area contributed by atoms with Crippen LogP contribution in [0.4, 0.5) is 0 Å². The average molecular weight is 396 g/mol. The van der Waals surface area contributed by atoms with Gasteiger partial charge in [0, 0.05) is 6.54 Å². The highest BCUT2D eigenvalue weighted by Gasteiger charge is 2.21. The van der Waals surface area contributed by atoms with E-state index in [4.69, 9.17) is 9.47 Å². The van der Waals surface area contributed by atoms with Gasteiger partial charge in [0.1, 0.15) is 12.7 Å². The van der Waals surface area contributed by atoms with Crippen LogP contribution in [0.5, 0.6) is 11.5 Å². The molecule has 0 aliphatic carbocycles. The first kappa shape index (κ1) is 21.4. The predicted octanol–water partition coefficient (Wildman–Crippen LogP) is 4.12. The summed E-state index contributed by atoms with van der Waals surface area (Å²) in [6.07, 6.45) is 5.66. The fourth-order valence-corrected chi connectivity index (χ4v) is 3.98. The van der Waals surface area contributed by atoms with Crippen molar-refractivity contribution in [3.8, 4) is 11.5 Å². The van der Waals surface area contributed by atoms with Gasteiger partial charge in [0.05, 0.1) is 7.11 Å². The van der Waals surface area contributed by atoms with Crippen LogP contribution in [-0.4, -0.2) is 49.5 Å². The molecule has 3 rings (SSSR count). The van der Waals surface area contributed by atoms with Crippen molar-refractivity contribution in [1.29, 1.82) is 0 Å². The minimum atomic E-state index is -0.516. The molecule has 0 radical (unpaired) electrons. The molecule has 0 spiro atoms. The van der Waals surface area contributed by atoms with E-state index in [1.807, 2.05) is 24.3 Å². The molecule has 1 aliphatic rings. The molecule has 1 N–H and O–H groups in total. The lowest BCUT2D eigenvalue weighted by Gasteiger charge is -2.33. The second-order valence-corrected chi connectivity index (χ2v) is 7.88. The second-order valence-electron chi connectivity index (χ2n) is 7.88. The molecule has 1 fully saturated rings.